The number of amides is 15. The fraction of sp³-hybridized carbons (Fsp3) is 0.547. The monoisotopic (exact) mass is 1630 g/mol. The Balaban J connectivity index is 1.43. The highest BCUT2D eigenvalue weighted by molar-refractivity contribution is 7.80. The van der Waals surface area contributed by atoms with Crippen LogP contribution in [0.15, 0.2) is 60.4 Å². The number of aromatic amines is 2. The van der Waals surface area contributed by atoms with E-state index in [1.54, 1.807) is 30.3 Å². The first-order chi connectivity index (χ1) is 52.9. The molecule has 3 aromatic rings. The Hall–Kier alpha value is -10.3. The average molecular weight is 1640 g/mol. The van der Waals surface area contributed by atoms with Gasteiger partial charge in [0.05, 0.1) is 51.4 Å². The molecule has 0 saturated carbocycles. The minimum atomic E-state index is -1.77. The van der Waals surface area contributed by atoms with Crippen molar-refractivity contribution in [2.45, 2.75) is 149 Å². The van der Waals surface area contributed by atoms with Crippen LogP contribution in [0.3, 0.4) is 0 Å². The largest absolute Gasteiger partial charge is 0.480 e. The highest BCUT2D eigenvalue weighted by atomic mass is 32.1. The number of hydrogen-bond donors (Lipinski definition) is 27. The van der Waals surface area contributed by atoms with Crippen molar-refractivity contribution in [2.75, 3.05) is 68.9 Å². The van der Waals surface area contributed by atoms with Crippen molar-refractivity contribution in [1.29, 1.82) is 0 Å². The second-order valence-electron chi connectivity index (χ2n) is 25.1. The number of carbonyl (C=O) groups excluding carboxylic acids is 15. The van der Waals surface area contributed by atoms with Crippen LogP contribution in [-0.4, -0.2) is 288 Å². The van der Waals surface area contributed by atoms with Crippen LogP contribution in [0.5, 0.6) is 0 Å². The first-order valence-electron chi connectivity index (χ1n) is 34.7. The van der Waals surface area contributed by atoms with E-state index in [1.165, 1.54) is 25.0 Å². The van der Waals surface area contributed by atoms with Gasteiger partial charge in [-0.25, -0.2) is 14.8 Å². The van der Waals surface area contributed by atoms with E-state index in [4.69, 9.17) is 28.7 Å². The molecule has 0 spiro atoms. The summed E-state index contributed by atoms with van der Waals surface area (Å²) in [6.45, 7) is -3.40. The van der Waals surface area contributed by atoms with Gasteiger partial charge in [0.15, 0.2) is 5.96 Å². The molecule has 47 heteroatoms. The van der Waals surface area contributed by atoms with E-state index < -0.39 is 212 Å². The highest BCUT2D eigenvalue weighted by Crippen LogP contribution is 2.21. The first kappa shape index (κ1) is 93.1. The molecule has 0 radical (unpaired) electrons. The van der Waals surface area contributed by atoms with E-state index in [2.05, 4.69) is 145 Å². The fourth-order valence-corrected chi connectivity index (χ4v) is 11.7. The molecule has 1 saturated heterocycles. The number of carbonyl (C=O) groups is 16. The van der Waals surface area contributed by atoms with Crippen molar-refractivity contribution in [2.24, 2.45) is 33.7 Å². The summed E-state index contributed by atoms with van der Waals surface area (Å²) in [5.41, 5.74) is 28.5. The number of H-pyrrole nitrogens is 2. The predicted molar refractivity (Wildman–Crippen MR) is 409 cm³/mol. The first-order valence-corrected chi connectivity index (χ1v) is 37.3. The van der Waals surface area contributed by atoms with Crippen LogP contribution in [-0.2, 0) is 96.0 Å². The Morgan fingerprint density at radius 2 is 0.937 bits per heavy atom. The number of aliphatic hydroxyl groups is 2. The Morgan fingerprint density at radius 1 is 0.514 bits per heavy atom. The van der Waals surface area contributed by atoms with Crippen molar-refractivity contribution in [3.8, 4) is 0 Å². The van der Waals surface area contributed by atoms with E-state index in [0.717, 1.165) is 4.90 Å². The van der Waals surface area contributed by atoms with Gasteiger partial charge in [-0.2, -0.15) is 50.5 Å². The average Bonchev–Trinajstić information content (AvgIpc) is 1.72. The summed E-state index contributed by atoms with van der Waals surface area (Å²) in [7, 11) is 0. The number of nitrogens with two attached hydrogens (primary N) is 5. The Morgan fingerprint density at radius 3 is 1.41 bits per heavy atom. The number of carboxylic acids is 1. The summed E-state index contributed by atoms with van der Waals surface area (Å²) in [5.74, 6) is -17.4. The third-order valence-electron chi connectivity index (χ3n) is 16.6. The molecule has 1 aliphatic heterocycles. The molecule has 0 bridgehead atoms. The van der Waals surface area contributed by atoms with E-state index in [-0.39, 0.29) is 101 Å². The van der Waals surface area contributed by atoms with Gasteiger partial charge in [-0.05, 0) is 57.1 Å². The van der Waals surface area contributed by atoms with Gasteiger partial charge in [-0.3, -0.25) is 76.9 Å². The minimum absolute atomic E-state index is 0.0150. The number of guanidine groups is 1. The van der Waals surface area contributed by atoms with Crippen LogP contribution in [0.25, 0.3) is 0 Å². The van der Waals surface area contributed by atoms with Crippen LogP contribution in [0.1, 0.15) is 68.3 Å². The zero-order valence-corrected chi connectivity index (χ0v) is 63.7. The molecule has 13 atom stereocenters. The second kappa shape index (κ2) is 49.0. The number of aromatic nitrogens is 4. The number of hydrogen-bond acceptors (Lipinski definition) is 27. The molecule has 111 heavy (non-hydrogen) atoms. The Kier molecular flexibility index (Phi) is 41.1. The number of rotatable bonds is 50. The van der Waals surface area contributed by atoms with E-state index in [1.807, 2.05) is 0 Å². The lowest BCUT2D eigenvalue weighted by atomic mass is 10.0. The van der Waals surface area contributed by atoms with Crippen molar-refractivity contribution < 1.29 is 92.0 Å². The zero-order chi connectivity index (χ0) is 82.3. The lowest BCUT2D eigenvalue weighted by Crippen LogP contribution is -2.61. The summed E-state index contributed by atoms with van der Waals surface area (Å²) in [6, 6.07) is -11.1. The van der Waals surface area contributed by atoms with E-state index in [9.17, 15) is 92.0 Å². The van der Waals surface area contributed by atoms with Crippen molar-refractivity contribution in [3.05, 3.63) is 72.3 Å². The van der Waals surface area contributed by atoms with Crippen molar-refractivity contribution in [3.63, 3.8) is 0 Å². The number of thiol groups is 4. The van der Waals surface area contributed by atoms with Crippen molar-refractivity contribution >= 4 is 151 Å². The molecule has 1 aliphatic rings. The smallest absolute Gasteiger partial charge is 0.327 e. The molecule has 2 aromatic heterocycles. The van der Waals surface area contributed by atoms with Crippen LogP contribution in [0, 0.1) is 0 Å². The summed E-state index contributed by atoms with van der Waals surface area (Å²) in [6.07, 6.45) is 4.92. The second-order valence-corrected chi connectivity index (χ2v) is 26.6. The molecule has 0 unspecified atom stereocenters. The van der Waals surface area contributed by atoms with Crippen LogP contribution < -0.4 is 97.8 Å². The normalized spacial score (nSPS) is 15.6. The molecule has 15 amide bonds. The standard InChI is InChI=1S/C64H98N24O19S4/c65-13-5-4-10-36(53(96)80-39(17-33-20-70-30-75-33)56(99)79-38(16-32-8-2-1-3-9-32)55(98)82-41(24-89)58(101)87-46(29-111)63(106)107)77-50(93)23-74-52(95)43(26-108)84-57(100)42(25-90)83-61(104)47-12-7-15-88(47)62(105)40(18-34-21-71-31-76-34)81-59(102)44(27-109)86-60(103)45(28-110)85-54(97)37(11-6-14-72-64(68)69)78-49(92)22-73-51(94)35(66)19-48(67)91/h1-3,8-9,20-21,30-31,35-47,89-90,108-111H,4-7,10-19,22-29,65-66H2,(H2,67,91)(H,70,75)(H,71,76)(H,73,94)(H,74,95)(H,77,93)(H,78,92)(H,79,99)(H,80,96)(H,81,102)(H,82,98)(H,83,104)(H,84,100)(H,85,97)(H,86,103)(H,87,101)(H,106,107)(H4,68,69,72)/t35-,36-,37-,38-,39-,40-,41-,42-,43-,44-,45-,46-,47-/m0/s1. The van der Waals surface area contributed by atoms with Crippen LogP contribution >= 0.6 is 50.5 Å². The number of carboxylic acid groups (broad SMARTS) is 1. The molecule has 3 heterocycles. The molecule has 43 nitrogen and oxygen atoms in total. The quantitative estimate of drug-likeness (QED) is 0.0108. The Labute approximate surface area is 657 Å². The summed E-state index contributed by atoms with van der Waals surface area (Å²) < 4.78 is 0. The van der Waals surface area contributed by atoms with Crippen LogP contribution in [0.2, 0.25) is 0 Å². The lowest BCUT2D eigenvalue weighted by molar-refractivity contribution is -0.142. The maximum atomic E-state index is 14.6. The number of primary amides is 1. The highest BCUT2D eigenvalue weighted by Gasteiger charge is 2.41. The molecular formula is C64H98N24O19S4. The molecule has 0 aliphatic carbocycles. The topological polar surface area (TPSA) is 693 Å². The van der Waals surface area contributed by atoms with Gasteiger partial charge in [0.1, 0.15) is 72.5 Å². The summed E-state index contributed by atoms with van der Waals surface area (Å²) in [4.78, 5) is 234. The number of likely N-dealkylation sites (tertiary alicyclic amines) is 1. The number of nitrogens with one attached hydrogen (secondary N) is 15. The third kappa shape index (κ3) is 32.3. The van der Waals surface area contributed by atoms with Crippen LogP contribution in [0.4, 0.5) is 0 Å². The van der Waals surface area contributed by atoms with E-state index >= 15 is 0 Å². The molecule has 28 N–H and O–H groups in total. The number of unbranched alkanes of at least 4 members (excludes halogenated alkanes) is 1. The van der Waals surface area contributed by atoms with Gasteiger partial charge >= 0.3 is 5.97 Å². The molecule has 1 aromatic carbocycles. The maximum absolute atomic E-state index is 14.6. The Bertz CT molecular complexity index is 3660. The van der Waals surface area contributed by atoms with Gasteiger partial charge in [0.2, 0.25) is 88.6 Å². The number of aliphatic carboxylic acids is 1. The maximum Gasteiger partial charge on any atom is 0.327 e. The minimum Gasteiger partial charge on any atom is -0.480 e. The number of aliphatic imine (C=N–C) groups is 1. The molecule has 1 fully saturated rings. The number of benzene rings is 1. The summed E-state index contributed by atoms with van der Waals surface area (Å²) in [5, 5.41) is 61.4. The fourth-order valence-electron chi connectivity index (χ4n) is 10.7. The molecular weight excluding hydrogens is 1540 g/mol. The van der Waals surface area contributed by atoms with Gasteiger partial charge < -0.3 is 128 Å². The summed E-state index contributed by atoms with van der Waals surface area (Å²) >= 11 is 16.6. The lowest BCUT2D eigenvalue weighted by Gasteiger charge is -2.30. The SMILES string of the molecule is NCCCC[C@H](NC(=O)CNC(=O)[C@H](CS)NC(=O)[C@H](CO)NC(=O)[C@@H]1CCCN1C(=O)[C@H](Cc1cnc[nH]1)NC(=O)[C@H](CS)NC(=O)[C@H](CS)NC(=O)[C@H](CCCN=C(N)N)NC(=O)CNC(=O)[C@@H](N)CC(N)=O)C(=O)N[C@@H](Cc1cnc[nH]1)C(=O)N[C@@H](Cc1ccccc1)C(=O)N[C@@H](CO)C(=O)N[C@@H](CS)C(=O)O. The third-order valence-corrected chi connectivity index (χ3v) is 18.1. The van der Waals surface area contributed by atoms with Gasteiger partial charge in [-0.15, -0.1) is 0 Å². The predicted octanol–water partition coefficient (Wildman–Crippen LogP) is -11.1. The molecule has 4 rings (SSSR count). The van der Waals surface area contributed by atoms with Gasteiger partial charge in [0, 0.05) is 79.1 Å². The van der Waals surface area contributed by atoms with Gasteiger partial charge in [0.25, 0.3) is 0 Å². The number of aliphatic hydroxyl groups excluding tert-OH is 2. The number of imidazole rings is 2. The molecule has 612 valence electrons. The van der Waals surface area contributed by atoms with E-state index in [0.29, 0.717) is 23.4 Å². The zero-order valence-electron chi connectivity index (χ0n) is 60.1. The van der Waals surface area contributed by atoms with Gasteiger partial charge in [-0.1, -0.05) is 30.3 Å². The number of nitrogens with zero attached hydrogens (tertiary/aromatic N) is 4. The van der Waals surface area contributed by atoms with Crippen molar-refractivity contribution in [1.82, 2.24) is 94.0 Å².